The fraction of sp³-hybridized carbons (Fsp3) is 0.500. The molecule has 0 saturated carbocycles. The molecular formula is C2H4ClNOS. The Morgan fingerprint density at radius 1 is 2.00 bits per heavy atom. The van der Waals surface area contributed by atoms with E-state index in [-0.39, 0.29) is 0 Å². The van der Waals surface area contributed by atoms with Crippen molar-refractivity contribution in [2.45, 2.75) is 0 Å². The first-order valence-corrected chi connectivity index (χ1v) is 2.80. The van der Waals surface area contributed by atoms with Crippen molar-refractivity contribution in [1.29, 1.82) is 0 Å². The maximum atomic E-state index is 9.37. The summed E-state index contributed by atoms with van der Waals surface area (Å²) in [6.07, 6.45) is 0.590. The Morgan fingerprint density at radius 3 is 2.83 bits per heavy atom. The maximum absolute atomic E-state index is 9.37. The van der Waals surface area contributed by atoms with Crippen LogP contribution < -0.4 is 4.72 Å². The maximum Gasteiger partial charge on any atom is 0.217 e. The molecule has 0 fully saturated rings. The molecular weight excluding hydrogens is 122 g/mol. The number of halogens is 1. The van der Waals surface area contributed by atoms with Crippen LogP contribution in [0, 0.1) is 0 Å². The highest BCUT2D eigenvalue weighted by Crippen LogP contribution is 1.91. The van der Waals surface area contributed by atoms with Gasteiger partial charge in [-0.3, -0.25) is 4.79 Å². The molecule has 0 atom stereocenters. The summed E-state index contributed by atoms with van der Waals surface area (Å²) in [7, 11) is 0. The van der Waals surface area contributed by atoms with Gasteiger partial charge in [-0.05, 0) is 11.9 Å². The van der Waals surface area contributed by atoms with Crippen molar-refractivity contribution >= 4 is 30.0 Å². The van der Waals surface area contributed by atoms with Crippen molar-refractivity contribution in [2.75, 3.05) is 5.21 Å². The van der Waals surface area contributed by atoms with Crippen LogP contribution in [0.5, 0.6) is 0 Å². The zero-order valence-corrected chi connectivity index (χ0v) is 4.55. The number of carbonyl (C=O) groups excluding carboxylic acids is 1. The van der Waals surface area contributed by atoms with Crippen molar-refractivity contribution in [3.05, 3.63) is 0 Å². The summed E-state index contributed by atoms with van der Waals surface area (Å²) in [4.78, 5) is 9.37. The molecule has 0 aromatic carbocycles. The zero-order valence-electron chi connectivity index (χ0n) is 2.98. The highest BCUT2D eigenvalue weighted by molar-refractivity contribution is 7.98. The predicted molar refractivity (Wildman–Crippen MR) is 27.5 cm³/mol. The number of alkyl halides is 1. The second-order valence-corrected chi connectivity index (χ2v) is 1.89. The van der Waals surface area contributed by atoms with Crippen molar-refractivity contribution < 1.29 is 4.79 Å². The Balaban J connectivity index is 2.49. The van der Waals surface area contributed by atoms with Crippen LogP contribution in [0.1, 0.15) is 0 Å². The van der Waals surface area contributed by atoms with E-state index >= 15 is 0 Å². The molecule has 0 spiro atoms. The lowest BCUT2D eigenvalue weighted by atomic mass is 11.5. The van der Waals surface area contributed by atoms with Crippen molar-refractivity contribution in [3.8, 4) is 0 Å². The summed E-state index contributed by atoms with van der Waals surface area (Å²) in [6.45, 7) is 0. The van der Waals surface area contributed by atoms with Gasteiger partial charge in [-0.15, -0.1) is 11.6 Å². The third kappa shape index (κ3) is 4.11. The van der Waals surface area contributed by atoms with Crippen molar-refractivity contribution in [3.63, 3.8) is 0 Å². The largest absolute Gasteiger partial charge is 0.302 e. The van der Waals surface area contributed by atoms with Gasteiger partial charge in [0, 0.05) is 0 Å². The second kappa shape index (κ2) is 5.11. The number of carbonyl (C=O) groups is 1. The first-order chi connectivity index (χ1) is 2.91. The third-order valence-corrected chi connectivity index (χ3v) is 0.885. The number of hydrogen-bond acceptors (Lipinski definition) is 2. The molecule has 0 rings (SSSR count). The van der Waals surface area contributed by atoms with E-state index in [1.807, 2.05) is 0 Å². The van der Waals surface area contributed by atoms with E-state index in [1.54, 1.807) is 0 Å². The van der Waals surface area contributed by atoms with Gasteiger partial charge in [-0.2, -0.15) is 0 Å². The summed E-state index contributed by atoms with van der Waals surface area (Å²) in [5.74, 6) is 0. The first kappa shape index (κ1) is 6.11. The Labute approximate surface area is 45.4 Å². The highest BCUT2D eigenvalue weighted by Gasteiger charge is 1.72. The molecule has 0 aliphatic heterocycles. The molecule has 0 aromatic rings. The molecule has 4 heteroatoms. The van der Waals surface area contributed by atoms with Gasteiger partial charge in [0.15, 0.2) is 0 Å². The van der Waals surface area contributed by atoms with E-state index in [1.165, 1.54) is 0 Å². The minimum atomic E-state index is 0.402. The van der Waals surface area contributed by atoms with Crippen LogP contribution in [0.2, 0.25) is 0 Å². The lowest BCUT2D eigenvalue weighted by Crippen LogP contribution is -1.96. The monoisotopic (exact) mass is 125 g/mol. The summed E-state index contributed by atoms with van der Waals surface area (Å²) in [6, 6.07) is 0. The van der Waals surface area contributed by atoms with Gasteiger partial charge in [-0.1, -0.05) is 0 Å². The van der Waals surface area contributed by atoms with E-state index in [0.717, 1.165) is 11.9 Å². The fourth-order valence-electron chi connectivity index (χ4n) is 0.0655. The van der Waals surface area contributed by atoms with E-state index in [2.05, 4.69) is 4.72 Å². The number of rotatable bonds is 3. The minimum Gasteiger partial charge on any atom is -0.302 e. The lowest BCUT2D eigenvalue weighted by molar-refractivity contribution is -0.107. The quantitative estimate of drug-likeness (QED) is 0.259. The number of nitrogens with one attached hydrogen (secondary N) is 1. The average Bonchev–Trinajstić information content (AvgIpc) is 1.61. The van der Waals surface area contributed by atoms with E-state index < -0.39 is 0 Å². The molecule has 6 heavy (non-hydrogen) atoms. The molecule has 0 radical (unpaired) electrons. The Kier molecular flexibility index (Phi) is 5.20. The molecule has 36 valence electrons. The summed E-state index contributed by atoms with van der Waals surface area (Å²) >= 11 is 6.28. The predicted octanol–water partition coefficient (Wildman–Crippen LogP) is 0.577. The van der Waals surface area contributed by atoms with Crippen LogP contribution in [0.4, 0.5) is 0 Å². The van der Waals surface area contributed by atoms with Crippen LogP contribution in [0.25, 0.3) is 0 Å². The van der Waals surface area contributed by atoms with Crippen LogP contribution in [-0.4, -0.2) is 11.6 Å². The smallest absolute Gasteiger partial charge is 0.217 e. The summed E-state index contributed by atoms with van der Waals surface area (Å²) in [5, 5.41) is 0.402. The molecule has 0 aromatic heterocycles. The molecule has 0 bridgehead atoms. The van der Waals surface area contributed by atoms with Gasteiger partial charge in [-0.25, -0.2) is 0 Å². The SMILES string of the molecule is O=CNSCCl. The lowest BCUT2D eigenvalue weighted by Gasteiger charge is -1.83. The number of amides is 1. The van der Waals surface area contributed by atoms with Crippen LogP contribution in [0.3, 0.4) is 0 Å². The highest BCUT2D eigenvalue weighted by atomic mass is 35.5. The molecule has 1 amide bonds. The van der Waals surface area contributed by atoms with Crippen LogP contribution in [-0.2, 0) is 4.79 Å². The molecule has 2 nitrogen and oxygen atoms in total. The Morgan fingerprint density at radius 2 is 2.67 bits per heavy atom. The fourth-order valence-corrected chi connectivity index (χ4v) is 0.386. The summed E-state index contributed by atoms with van der Waals surface area (Å²) < 4.78 is 2.30. The van der Waals surface area contributed by atoms with Gasteiger partial charge >= 0.3 is 0 Å². The first-order valence-electron chi connectivity index (χ1n) is 1.28. The van der Waals surface area contributed by atoms with Gasteiger partial charge in [0.2, 0.25) is 6.41 Å². The van der Waals surface area contributed by atoms with Gasteiger partial charge in [0.05, 0.1) is 5.21 Å². The van der Waals surface area contributed by atoms with E-state index in [9.17, 15) is 4.79 Å². The molecule has 0 unspecified atom stereocenters. The van der Waals surface area contributed by atoms with Crippen LogP contribution in [0.15, 0.2) is 0 Å². The standard InChI is InChI=1S/C2H4ClNOS/c3-1-6-4-2-5/h2H,1H2,(H,4,5). The van der Waals surface area contributed by atoms with Crippen molar-refractivity contribution in [1.82, 2.24) is 4.72 Å². The molecule has 0 aliphatic carbocycles. The number of hydrogen-bond donors (Lipinski definition) is 1. The average molecular weight is 126 g/mol. The van der Waals surface area contributed by atoms with E-state index in [4.69, 9.17) is 11.6 Å². The van der Waals surface area contributed by atoms with Gasteiger partial charge in [0.1, 0.15) is 0 Å². The Bertz CT molecular complexity index is 42.5. The topological polar surface area (TPSA) is 29.1 Å². The normalized spacial score (nSPS) is 7.50. The van der Waals surface area contributed by atoms with Gasteiger partial charge < -0.3 is 4.72 Å². The summed E-state index contributed by atoms with van der Waals surface area (Å²) in [5.41, 5.74) is 0. The minimum absolute atomic E-state index is 0.402. The zero-order chi connectivity index (χ0) is 4.83. The molecule has 0 saturated heterocycles. The Hall–Kier alpha value is 0.110. The van der Waals surface area contributed by atoms with E-state index in [0.29, 0.717) is 11.6 Å². The van der Waals surface area contributed by atoms with Gasteiger partial charge in [0.25, 0.3) is 0 Å². The third-order valence-electron chi connectivity index (χ3n) is 0.186. The molecule has 0 aliphatic rings. The molecule has 1 N–H and O–H groups in total. The second-order valence-electron chi connectivity index (χ2n) is 0.489. The van der Waals surface area contributed by atoms with Crippen molar-refractivity contribution in [2.24, 2.45) is 0 Å². The van der Waals surface area contributed by atoms with Crippen LogP contribution >= 0.6 is 23.5 Å². The molecule has 0 heterocycles.